The molecule has 0 spiro atoms. The predicted molar refractivity (Wildman–Crippen MR) is 124 cm³/mol. The molecule has 0 aliphatic carbocycles. The lowest BCUT2D eigenvalue weighted by Crippen LogP contribution is -2.49. The second-order valence-corrected chi connectivity index (χ2v) is 10.1. The van der Waals surface area contributed by atoms with Crippen LogP contribution in [0.2, 0.25) is 0 Å². The largest absolute Gasteiger partial charge is 0.369 e. The molecule has 1 aromatic carbocycles. The van der Waals surface area contributed by atoms with Crippen molar-refractivity contribution >= 4 is 50.5 Å². The first-order chi connectivity index (χ1) is 15.0. The molecule has 2 aliphatic heterocycles. The number of piperazine rings is 1. The molecule has 9 nitrogen and oxygen atoms in total. The Bertz CT molecular complexity index is 963. The zero-order valence-corrected chi connectivity index (χ0v) is 18.8. The average molecular weight is 463 g/mol. The van der Waals surface area contributed by atoms with Crippen molar-refractivity contribution in [3.05, 3.63) is 35.3 Å². The van der Waals surface area contributed by atoms with E-state index in [0.29, 0.717) is 30.3 Å². The van der Waals surface area contributed by atoms with Gasteiger partial charge in [0.15, 0.2) is 5.13 Å². The molecule has 0 atom stereocenters. The van der Waals surface area contributed by atoms with Crippen LogP contribution in [0.15, 0.2) is 29.6 Å². The summed E-state index contributed by atoms with van der Waals surface area (Å²) in [5.41, 5.74) is 7.36. The number of benzene rings is 1. The van der Waals surface area contributed by atoms with Crippen molar-refractivity contribution in [1.29, 1.82) is 0 Å². The Morgan fingerprint density at radius 1 is 1.06 bits per heavy atom. The molecule has 2 saturated heterocycles. The minimum absolute atomic E-state index is 0.247. The Labute approximate surface area is 187 Å². The number of nitrogens with zero attached hydrogens (tertiary/aromatic N) is 4. The number of aromatic nitrogens is 1. The Balaban J connectivity index is 1.41. The lowest BCUT2D eigenvalue weighted by atomic mass is 10.2. The minimum atomic E-state index is -0.749. The number of anilines is 3. The van der Waals surface area contributed by atoms with Gasteiger partial charge in [0.1, 0.15) is 5.69 Å². The summed E-state index contributed by atoms with van der Waals surface area (Å²) < 4.78 is 11.6. The van der Waals surface area contributed by atoms with Gasteiger partial charge in [-0.15, -0.1) is 11.3 Å². The summed E-state index contributed by atoms with van der Waals surface area (Å²) in [7, 11) is -0.749. The molecule has 31 heavy (non-hydrogen) atoms. The Kier molecular flexibility index (Phi) is 6.83. The summed E-state index contributed by atoms with van der Waals surface area (Å²) >= 11 is 1.43. The van der Waals surface area contributed by atoms with Crippen molar-refractivity contribution in [2.75, 3.05) is 72.4 Å². The molecule has 3 heterocycles. The van der Waals surface area contributed by atoms with Crippen molar-refractivity contribution in [3.63, 3.8) is 0 Å². The molecule has 0 bridgehead atoms. The highest BCUT2D eigenvalue weighted by molar-refractivity contribution is 7.85. The molecule has 11 heteroatoms. The lowest BCUT2D eigenvalue weighted by Gasteiger charge is -2.36. The topological polar surface area (TPSA) is 112 Å². The van der Waals surface area contributed by atoms with Crippen LogP contribution in [0.3, 0.4) is 0 Å². The zero-order valence-electron chi connectivity index (χ0n) is 17.2. The van der Waals surface area contributed by atoms with E-state index in [1.54, 1.807) is 5.38 Å². The maximum Gasteiger partial charge on any atom is 0.275 e. The molecular weight excluding hydrogens is 436 g/mol. The van der Waals surface area contributed by atoms with Crippen LogP contribution in [0.1, 0.15) is 10.5 Å². The van der Waals surface area contributed by atoms with Gasteiger partial charge >= 0.3 is 0 Å². The minimum Gasteiger partial charge on any atom is -0.369 e. The van der Waals surface area contributed by atoms with Gasteiger partial charge in [-0.2, -0.15) is 0 Å². The predicted octanol–water partition coefficient (Wildman–Crippen LogP) is 0.571. The number of nitrogens with one attached hydrogen (secondary N) is 1. The lowest BCUT2D eigenvalue weighted by molar-refractivity contribution is -0.119. The van der Waals surface area contributed by atoms with Gasteiger partial charge in [0.05, 0.1) is 17.9 Å². The number of para-hydroxylation sites is 2. The van der Waals surface area contributed by atoms with E-state index in [2.05, 4.69) is 20.1 Å². The summed E-state index contributed by atoms with van der Waals surface area (Å²) in [6.45, 7) is 4.64. The van der Waals surface area contributed by atoms with Gasteiger partial charge in [0, 0.05) is 67.0 Å². The number of hydrogen-bond donors (Lipinski definition) is 2. The van der Waals surface area contributed by atoms with Crippen LogP contribution in [0.4, 0.5) is 16.5 Å². The third-order valence-corrected chi connectivity index (χ3v) is 7.59. The Morgan fingerprint density at radius 3 is 2.48 bits per heavy atom. The Morgan fingerprint density at radius 2 is 1.77 bits per heavy atom. The van der Waals surface area contributed by atoms with Crippen LogP contribution in [0, 0.1) is 0 Å². The highest BCUT2D eigenvalue weighted by Gasteiger charge is 2.23. The van der Waals surface area contributed by atoms with E-state index in [0.717, 1.165) is 42.7 Å². The molecule has 2 aromatic rings. The van der Waals surface area contributed by atoms with Gasteiger partial charge in [-0.3, -0.25) is 18.7 Å². The van der Waals surface area contributed by atoms with Crippen molar-refractivity contribution in [2.24, 2.45) is 5.73 Å². The maximum atomic E-state index is 12.9. The van der Waals surface area contributed by atoms with E-state index in [1.807, 2.05) is 29.2 Å². The highest BCUT2D eigenvalue weighted by Crippen LogP contribution is 2.28. The summed E-state index contributed by atoms with van der Waals surface area (Å²) in [4.78, 5) is 34.8. The number of rotatable bonds is 6. The molecule has 1 aromatic heterocycles. The van der Waals surface area contributed by atoms with E-state index in [9.17, 15) is 13.8 Å². The summed E-state index contributed by atoms with van der Waals surface area (Å²) in [5, 5.41) is 5.56. The van der Waals surface area contributed by atoms with E-state index in [-0.39, 0.29) is 18.4 Å². The third kappa shape index (κ3) is 5.41. The highest BCUT2D eigenvalue weighted by atomic mass is 32.2. The van der Waals surface area contributed by atoms with E-state index in [1.165, 1.54) is 11.3 Å². The molecule has 2 amide bonds. The molecule has 2 fully saturated rings. The van der Waals surface area contributed by atoms with Crippen LogP contribution >= 0.6 is 11.3 Å². The second kappa shape index (κ2) is 9.75. The molecule has 2 aliphatic rings. The molecular formula is C20H26N6O3S2. The number of hydrogen-bond acceptors (Lipinski definition) is 8. The Hall–Kier alpha value is -2.50. The fourth-order valence-corrected chi connectivity index (χ4v) is 5.66. The zero-order chi connectivity index (χ0) is 21.8. The summed E-state index contributed by atoms with van der Waals surface area (Å²) in [5.74, 6) is 0.715. The number of amides is 2. The molecule has 4 rings (SSSR count). The van der Waals surface area contributed by atoms with Crippen molar-refractivity contribution in [1.82, 2.24) is 9.88 Å². The SMILES string of the molecule is NC(=O)CN1CCN(c2ccccc2NC(=O)c2csc(N3CCS(=O)CC3)n2)CC1. The fourth-order valence-electron chi connectivity index (χ4n) is 3.75. The van der Waals surface area contributed by atoms with Crippen LogP contribution < -0.4 is 20.9 Å². The van der Waals surface area contributed by atoms with Crippen molar-refractivity contribution < 1.29 is 13.8 Å². The van der Waals surface area contributed by atoms with Crippen LogP contribution in [-0.4, -0.2) is 83.2 Å². The van der Waals surface area contributed by atoms with Crippen molar-refractivity contribution in [2.45, 2.75) is 0 Å². The fraction of sp³-hybridized carbons (Fsp3) is 0.450. The average Bonchev–Trinajstić information content (AvgIpc) is 3.25. The first-order valence-corrected chi connectivity index (χ1v) is 12.6. The summed E-state index contributed by atoms with van der Waals surface area (Å²) in [6, 6.07) is 7.71. The van der Waals surface area contributed by atoms with Gasteiger partial charge in [0.2, 0.25) is 5.91 Å². The first-order valence-electron chi connectivity index (χ1n) is 10.2. The summed E-state index contributed by atoms with van der Waals surface area (Å²) in [6.07, 6.45) is 0. The molecule has 0 unspecified atom stereocenters. The number of carbonyl (C=O) groups is 2. The molecule has 0 radical (unpaired) electrons. The third-order valence-electron chi connectivity index (χ3n) is 5.42. The first kappa shape index (κ1) is 21.7. The van der Waals surface area contributed by atoms with Gasteiger partial charge in [-0.05, 0) is 12.1 Å². The van der Waals surface area contributed by atoms with Gasteiger partial charge in [-0.1, -0.05) is 12.1 Å². The quantitative estimate of drug-likeness (QED) is 0.646. The maximum absolute atomic E-state index is 12.9. The van der Waals surface area contributed by atoms with Crippen LogP contribution in [-0.2, 0) is 15.6 Å². The number of nitrogens with two attached hydrogens (primary N) is 1. The van der Waals surface area contributed by atoms with E-state index in [4.69, 9.17) is 5.73 Å². The van der Waals surface area contributed by atoms with Crippen LogP contribution in [0.25, 0.3) is 0 Å². The van der Waals surface area contributed by atoms with Gasteiger partial charge in [-0.25, -0.2) is 4.98 Å². The molecule has 0 saturated carbocycles. The van der Waals surface area contributed by atoms with Crippen molar-refractivity contribution in [3.8, 4) is 0 Å². The standard InChI is InChI=1S/C20H26N6O3S2/c21-18(27)13-24-5-7-25(8-6-24)17-4-2-1-3-15(17)22-19(28)16-14-30-20(23-16)26-9-11-31(29)12-10-26/h1-4,14H,5-13H2,(H2,21,27)(H,22,28). The van der Waals surface area contributed by atoms with E-state index < -0.39 is 10.8 Å². The molecule has 3 N–H and O–H groups in total. The van der Waals surface area contributed by atoms with Crippen LogP contribution in [0.5, 0.6) is 0 Å². The van der Waals surface area contributed by atoms with E-state index >= 15 is 0 Å². The monoisotopic (exact) mass is 462 g/mol. The second-order valence-electron chi connectivity index (χ2n) is 7.55. The number of thiazole rings is 1. The smallest absolute Gasteiger partial charge is 0.275 e. The number of primary amides is 1. The normalized spacial score (nSPS) is 18.2. The molecule has 166 valence electrons. The number of carbonyl (C=O) groups excluding carboxylic acids is 2. The van der Waals surface area contributed by atoms with Gasteiger partial charge in [0.25, 0.3) is 5.91 Å². The van der Waals surface area contributed by atoms with Gasteiger partial charge < -0.3 is 20.9 Å².